The lowest BCUT2D eigenvalue weighted by atomic mass is 10.1. The number of rotatable bonds is 4. The van der Waals surface area contributed by atoms with Crippen molar-refractivity contribution >= 4 is 5.91 Å². The van der Waals surface area contributed by atoms with Crippen LogP contribution >= 0.6 is 0 Å². The first-order valence-electron chi connectivity index (χ1n) is 5.17. The van der Waals surface area contributed by atoms with Gasteiger partial charge in [-0.05, 0) is 18.1 Å². The van der Waals surface area contributed by atoms with E-state index in [1.54, 1.807) is 10.6 Å². The fraction of sp³-hybridized carbons (Fsp3) is 0.545. The van der Waals surface area contributed by atoms with Gasteiger partial charge in [0.1, 0.15) is 5.69 Å². The largest absolute Gasteiger partial charge is 0.349 e. The number of aryl methyl sites for hydroxylation is 1. The third-order valence-electron chi connectivity index (χ3n) is 2.53. The smallest absolute Gasteiger partial charge is 0.267 e. The van der Waals surface area contributed by atoms with Crippen molar-refractivity contribution < 1.29 is 4.79 Å². The summed E-state index contributed by atoms with van der Waals surface area (Å²) in [7, 11) is 1.84. The van der Waals surface area contributed by atoms with Crippen LogP contribution in [0.25, 0.3) is 0 Å². The number of hydrogen-bond acceptors (Lipinski definition) is 2. The van der Waals surface area contributed by atoms with Crippen LogP contribution in [0.3, 0.4) is 0 Å². The van der Waals surface area contributed by atoms with Crippen molar-refractivity contribution in [1.82, 2.24) is 9.88 Å². The molecule has 0 bridgehead atoms. The van der Waals surface area contributed by atoms with E-state index in [9.17, 15) is 4.79 Å². The molecule has 15 heavy (non-hydrogen) atoms. The Labute approximate surface area is 90.5 Å². The van der Waals surface area contributed by atoms with E-state index in [0.717, 1.165) is 0 Å². The SMILES string of the molecule is CC(C)C(N)CNC(=O)c1cccn1C. The van der Waals surface area contributed by atoms with Crippen LogP contribution in [-0.2, 0) is 7.05 Å². The Morgan fingerprint density at radius 2 is 2.27 bits per heavy atom. The van der Waals surface area contributed by atoms with Crippen molar-refractivity contribution in [3.63, 3.8) is 0 Å². The van der Waals surface area contributed by atoms with Crippen LogP contribution < -0.4 is 11.1 Å². The monoisotopic (exact) mass is 209 g/mol. The topological polar surface area (TPSA) is 60.0 Å². The van der Waals surface area contributed by atoms with Crippen LogP contribution in [0, 0.1) is 5.92 Å². The maximum Gasteiger partial charge on any atom is 0.267 e. The Hall–Kier alpha value is -1.29. The fourth-order valence-corrected chi connectivity index (χ4v) is 1.23. The molecule has 0 spiro atoms. The zero-order valence-electron chi connectivity index (χ0n) is 9.53. The number of carbonyl (C=O) groups excluding carboxylic acids is 1. The standard InChI is InChI=1S/C11H19N3O/c1-8(2)9(12)7-13-11(15)10-5-4-6-14(10)3/h4-6,8-9H,7,12H2,1-3H3,(H,13,15). The lowest BCUT2D eigenvalue weighted by molar-refractivity contribution is 0.0941. The van der Waals surface area contributed by atoms with Gasteiger partial charge in [0.05, 0.1) is 0 Å². The van der Waals surface area contributed by atoms with E-state index in [1.807, 2.05) is 33.2 Å². The predicted molar refractivity (Wildman–Crippen MR) is 60.6 cm³/mol. The molecule has 3 N–H and O–H groups in total. The molecule has 0 aromatic carbocycles. The van der Waals surface area contributed by atoms with E-state index in [1.165, 1.54) is 0 Å². The van der Waals surface area contributed by atoms with E-state index in [2.05, 4.69) is 5.32 Å². The van der Waals surface area contributed by atoms with Crippen molar-refractivity contribution in [2.45, 2.75) is 19.9 Å². The Morgan fingerprint density at radius 1 is 1.60 bits per heavy atom. The molecule has 0 radical (unpaired) electrons. The lowest BCUT2D eigenvalue weighted by Crippen LogP contribution is -2.40. The van der Waals surface area contributed by atoms with Gasteiger partial charge in [-0.25, -0.2) is 0 Å². The highest BCUT2D eigenvalue weighted by Crippen LogP contribution is 2.00. The van der Waals surface area contributed by atoms with E-state index in [0.29, 0.717) is 18.2 Å². The first-order chi connectivity index (χ1) is 7.02. The second kappa shape index (κ2) is 4.98. The first-order valence-corrected chi connectivity index (χ1v) is 5.17. The van der Waals surface area contributed by atoms with Gasteiger partial charge in [0.2, 0.25) is 0 Å². The van der Waals surface area contributed by atoms with Crippen LogP contribution in [0.5, 0.6) is 0 Å². The number of nitrogens with one attached hydrogen (secondary N) is 1. The molecule has 0 saturated carbocycles. The maximum absolute atomic E-state index is 11.7. The van der Waals surface area contributed by atoms with Gasteiger partial charge in [0.25, 0.3) is 5.91 Å². The minimum absolute atomic E-state index is 0.00854. The summed E-state index contributed by atoms with van der Waals surface area (Å²) in [5.74, 6) is 0.303. The molecule has 0 aliphatic rings. The molecule has 1 heterocycles. The molecule has 1 rings (SSSR count). The normalized spacial score (nSPS) is 12.9. The summed E-state index contributed by atoms with van der Waals surface area (Å²) in [5, 5.41) is 2.82. The maximum atomic E-state index is 11.7. The molecule has 1 aromatic heterocycles. The summed E-state index contributed by atoms with van der Waals surface area (Å²) < 4.78 is 1.79. The van der Waals surface area contributed by atoms with Crippen molar-refractivity contribution in [3.8, 4) is 0 Å². The number of aromatic nitrogens is 1. The summed E-state index contributed by atoms with van der Waals surface area (Å²) >= 11 is 0. The number of nitrogens with zero attached hydrogens (tertiary/aromatic N) is 1. The molecule has 1 aromatic rings. The summed E-state index contributed by atoms with van der Waals surface area (Å²) in [6.07, 6.45) is 1.84. The van der Waals surface area contributed by atoms with Gasteiger partial charge in [-0.3, -0.25) is 4.79 Å². The summed E-state index contributed by atoms with van der Waals surface area (Å²) in [6.45, 7) is 4.60. The van der Waals surface area contributed by atoms with Gasteiger partial charge < -0.3 is 15.6 Å². The zero-order chi connectivity index (χ0) is 11.4. The fourth-order valence-electron chi connectivity index (χ4n) is 1.23. The van der Waals surface area contributed by atoms with Crippen LogP contribution in [0.2, 0.25) is 0 Å². The summed E-state index contributed by atoms with van der Waals surface area (Å²) in [4.78, 5) is 11.7. The Morgan fingerprint density at radius 3 is 2.73 bits per heavy atom. The van der Waals surface area contributed by atoms with Crippen molar-refractivity contribution in [2.24, 2.45) is 18.7 Å². The minimum Gasteiger partial charge on any atom is -0.349 e. The first kappa shape index (κ1) is 11.8. The minimum atomic E-state index is -0.0707. The second-order valence-electron chi connectivity index (χ2n) is 4.12. The number of carbonyl (C=O) groups is 1. The third-order valence-corrected chi connectivity index (χ3v) is 2.53. The molecule has 0 aliphatic carbocycles. The van der Waals surface area contributed by atoms with Gasteiger partial charge in [0, 0.05) is 25.8 Å². The molecule has 0 saturated heterocycles. The Balaban J connectivity index is 2.47. The molecule has 0 fully saturated rings. The summed E-state index contributed by atoms with van der Waals surface area (Å²) in [6, 6.07) is 3.64. The highest BCUT2D eigenvalue weighted by atomic mass is 16.1. The van der Waals surface area contributed by atoms with E-state index < -0.39 is 0 Å². The molecule has 1 atom stereocenters. The highest BCUT2D eigenvalue weighted by molar-refractivity contribution is 5.92. The van der Waals surface area contributed by atoms with E-state index in [-0.39, 0.29) is 11.9 Å². The average Bonchev–Trinajstić information content (AvgIpc) is 2.60. The van der Waals surface area contributed by atoms with Gasteiger partial charge in [0.15, 0.2) is 0 Å². The average molecular weight is 209 g/mol. The van der Waals surface area contributed by atoms with Crippen LogP contribution in [0.4, 0.5) is 0 Å². The van der Waals surface area contributed by atoms with Gasteiger partial charge in [-0.15, -0.1) is 0 Å². The number of hydrogen-bond donors (Lipinski definition) is 2. The Kier molecular flexibility index (Phi) is 3.91. The predicted octanol–water partition coefficient (Wildman–Crippen LogP) is 0.738. The Bertz CT molecular complexity index is 330. The molecule has 4 heteroatoms. The number of nitrogens with two attached hydrogens (primary N) is 1. The van der Waals surface area contributed by atoms with E-state index in [4.69, 9.17) is 5.73 Å². The molecular formula is C11H19N3O. The molecule has 1 unspecified atom stereocenters. The van der Waals surface area contributed by atoms with Crippen LogP contribution in [0.15, 0.2) is 18.3 Å². The zero-order valence-corrected chi connectivity index (χ0v) is 9.53. The number of amides is 1. The summed E-state index contributed by atoms with van der Waals surface area (Å²) in [5.41, 5.74) is 6.49. The molecule has 4 nitrogen and oxygen atoms in total. The van der Waals surface area contributed by atoms with Gasteiger partial charge in [-0.2, -0.15) is 0 Å². The van der Waals surface area contributed by atoms with Crippen molar-refractivity contribution in [1.29, 1.82) is 0 Å². The lowest BCUT2D eigenvalue weighted by Gasteiger charge is -2.16. The third kappa shape index (κ3) is 3.09. The van der Waals surface area contributed by atoms with Crippen LogP contribution in [0.1, 0.15) is 24.3 Å². The second-order valence-corrected chi connectivity index (χ2v) is 4.12. The van der Waals surface area contributed by atoms with E-state index >= 15 is 0 Å². The van der Waals surface area contributed by atoms with Crippen LogP contribution in [-0.4, -0.2) is 23.1 Å². The highest BCUT2D eigenvalue weighted by Gasteiger charge is 2.12. The quantitative estimate of drug-likeness (QED) is 0.768. The molecule has 84 valence electrons. The molecule has 0 aliphatic heterocycles. The van der Waals surface area contributed by atoms with Crippen molar-refractivity contribution in [2.75, 3.05) is 6.54 Å². The van der Waals surface area contributed by atoms with Gasteiger partial charge >= 0.3 is 0 Å². The molecule has 1 amide bonds. The molecular weight excluding hydrogens is 190 g/mol. The van der Waals surface area contributed by atoms with Crippen molar-refractivity contribution in [3.05, 3.63) is 24.0 Å². The van der Waals surface area contributed by atoms with Gasteiger partial charge in [-0.1, -0.05) is 13.8 Å².